The summed E-state index contributed by atoms with van der Waals surface area (Å²) in [7, 11) is 0. The molecule has 2 rings (SSSR count). The Hall–Kier alpha value is -2.11. The number of carbonyl (C=O) groups is 1. The molecule has 0 aromatic heterocycles. The molecule has 1 heterocycles. The van der Waals surface area contributed by atoms with Gasteiger partial charge in [-0.1, -0.05) is 6.07 Å². The number of nitrogens with one attached hydrogen (secondary N) is 1. The van der Waals surface area contributed by atoms with Gasteiger partial charge in [0.25, 0.3) is 0 Å². The average Bonchev–Trinajstić information content (AvgIpc) is 2.53. The summed E-state index contributed by atoms with van der Waals surface area (Å²) in [6.45, 7) is 0.498. The van der Waals surface area contributed by atoms with Crippen molar-refractivity contribution in [1.29, 1.82) is 5.26 Å². The van der Waals surface area contributed by atoms with E-state index in [0.29, 0.717) is 17.8 Å². The molecule has 1 aromatic rings. The maximum absolute atomic E-state index is 12.7. The Bertz CT molecular complexity index is 632. The Balaban J connectivity index is 1.78. The van der Waals surface area contributed by atoms with E-state index in [9.17, 15) is 23.1 Å². The van der Waals surface area contributed by atoms with Crippen LogP contribution in [0.2, 0.25) is 0 Å². The van der Waals surface area contributed by atoms with Gasteiger partial charge < -0.3 is 15.3 Å². The Morgan fingerprint density at radius 3 is 2.62 bits per heavy atom. The minimum atomic E-state index is -4.62. The number of amides is 1. The highest BCUT2D eigenvalue weighted by Gasteiger charge is 2.54. The lowest BCUT2D eigenvalue weighted by Crippen LogP contribution is -2.53. The highest BCUT2D eigenvalue weighted by molar-refractivity contribution is 5.90. The van der Waals surface area contributed by atoms with Crippen LogP contribution in [-0.2, 0) is 4.79 Å². The van der Waals surface area contributed by atoms with Gasteiger partial charge in [0.05, 0.1) is 11.6 Å². The van der Waals surface area contributed by atoms with Gasteiger partial charge in [-0.3, -0.25) is 4.79 Å². The summed E-state index contributed by atoms with van der Waals surface area (Å²) in [6, 6.07) is 8.43. The van der Waals surface area contributed by atoms with Crippen molar-refractivity contribution in [1.82, 2.24) is 4.90 Å². The van der Waals surface area contributed by atoms with Crippen LogP contribution in [0.3, 0.4) is 0 Å². The number of halogens is 3. The van der Waals surface area contributed by atoms with Crippen LogP contribution in [0.4, 0.5) is 18.9 Å². The number of likely N-dealkylation sites (tertiary alicyclic amines) is 1. The zero-order chi connectivity index (χ0) is 17.8. The standard InChI is InChI=1S/C16H18F3N3O2/c17-16(18,19)15(24)5-8-22(9-6-15)7-4-14(23)21-13-3-1-2-12(10-13)11-20/h1-3,10,24H,4-9H2,(H,21,23). The maximum atomic E-state index is 12.7. The minimum Gasteiger partial charge on any atom is -0.380 e. The van der Waals surface area contributed by atoms with E-state index in [1.807, 2.05) is 6.07 Å². The zero-order valence-electron chi connectivity index (χ0n) is 12.9. The van der Waals surface area contributed by atoms with Crippen molar-refractivity contribution in [2.24, 2.45) is 0 Å². The van der Waals surface area contributed by atoms with Gasteiger partial charge in [0.1, 0.15) is 0 Å². The second-order valence-electron chi connectivity index (χ2n) is 5.86. The highest BCUT2D eigenvalue weighted by atomic mass is 19.4. The van der Waals surface area contributed by atoms with E-state index in [2.05, 4.69) is 5.32 Å². The van der Waals surface area contributed by atoms with Crippen molar-refractivity contribution in [3.63, 3.8) is 0 Å². The van der Waals surface area contributed by atoms with E-state index in [0.717, 1.165) is 0 Å². The van der Waals surface area contributed by atoms with Crippen molar-refractivity contribution in [2.75, 3.05) is 25.0 Å². The normalized spacial score (nSPS) is 18.0. The molecule has 8 heteroatoms. The van der Waals surface area contributed by atoms with Crippen LogP contribution < -0.4 is 5.32 Å². The first-order chi connectivity index (χ1) is 11.2. The topological polar surface area (TPSA) is 76.4 Å². The van der Waals surface area contributed by atoms with Crippen LogP contribution in [0.15, 0.2) is 24.3 Å². The fourth-order valence-electron chi connectivity index (χ4n) is 2.58. The Morgan fingerprint density at radius 1 is 1.38 bits per heavy atom. The molecule has 1 amide bonds. The van der Waals surface area contributed by atoms with Crippen LogP contribution in [0.5, 0.6) is 0 Å². The maximum Gasteiger partial charge on any atom is 0.417 e. The van der Waals surface area contributed by atoms with Gasteiger partial charge in [-0.25, -0.2) is 0 Å². The Kier molecular flexibility index (Phi) is 5.47. The van der Waals surface area contributed by atoms with Crippen molar-refractivity contribution in [3.05, 3.63) is 29.8 Å². The summed E-state index contributed by atoms with van der Waals surface area (Å²) in [4.78, 5) is 13.6. The molecule has 5 nitrogen and oxygen atoms in total. The summed E-state index contributed by atoms with van der Waals surface area (Å²) in [5, 5.41) is 21.0. The monoisotopic (exact) mass is 341 g/mol. The lowest BCUT2D eigenvalue weighted by molar-refractivity contribution is -0.272. The Labute approximate surface area is 137 Å². The van der Waals surface area contributed by atoms with Gasteiger partial charge in [0.2, 0.25) is 5.91 Å². The van der Waals surface area contributed by atoms with Crippen LogP contribution in [0.25, 0.3) is 0 Å². The fourth-order valence-corrected chi connectivity index (χ4v) is 2.58. The van der Waals surface area contributed by atoms with Gasteiger partial charge in [-0.05, 0) is 31.0 Å². The lowest BCUT2D eigenvalue weighted by atomic mass is 9.91. The number of rotatable bonds is 4. The molecule has 0 radical (unpaired) electrons. The number of hydrogen-bond acceptors (Lipinski definition) is 4. The summed E-state index contributed by atoms with van der Waals surface area (Å²) < 4.78 is 38.1. The first kappa shape index (κ1) is 18.2. The number of piperidine rings is 1. The van der Waals surface area contributed by atoms with Crippen molar-refractivity contribution in [3.8, 4) is 6.07 Å². The van der Waals surface area contributed by atoms with Crippen LogP contribution in [0.1, 0.15) is 24.8 Å². The van der Waals surface area contributed by atoms with Gasteiger partial charge in [-0.2, -0.15) is 18.4 Å². The molecule has 0 saturated carbocycles. The van der Waals surface area contributed by atoms with E-state index in [1.54, 1.807) is 29.2 Å². The number of nitrogens with zero attached hydrogens (tertiary/aromatic N) is 2. The number of carbonyl (C=O) groups excluding carboxylic acids is 1. The summed E-state index contributed by atoms with van der Waals surface area (Å²) in [6.07, 6.45) is -5.27. The van der Waals surface area contributed by atoms with E-state index >= 15 is 0 Å². The van der Waals surface area contributed by atoms with Crippen molar-refractivity contribution in [2.45, 2.75) is 31.0 Å². The minimum absolute atomic E-state index is 0.0905. The highest BCUT2D eigenvalue weighted by Crippen LogP contribution is 2.38. The smallest absolute Gasteiger partial charge is 0.380 e. The Morgan fingerprint density at radius 2 is 2.04 bits per heavy atom. The molecule has 0 aliphatic carbocycles. The summed E-state index contributed by atoms with van der Waals surface area (Å²) >= 11 is 0. The first-order valence-corrected chi connectivity index (χ1v) is 7.55. The van der Waals surface area contributed by atoms with Gasteiger partial charge in [0.15, 0.2) is 5.60 Å². The van der Waals surface area contributed by atoms with Gasteiger partial charge >= 0.3 is 6.18 Å². The number of hydrogen-bond donors (Lipinski definition) is 2. The van der Waals surface area contributed by atoms with E-state index in [4.69, 9.17) is 5.26 Å². The third-order valence-electron chi connectivity index (χ3n) is 4.14. The van der Waals surface area contributed by atoms with Gasteiger partial charge in [-0.15, -0.1) is 0 Å². The SMILES string of the molecule is N#Cc1cccc(NC(=O)CCN2CCC(O)(C(F)(F)F)CC2)c1. The molecule has 1 saturated heterocycles. The first-order valence-electron chi connectivity index (χ1n) is 7.55. The number of benzene rings is 1. The molecule has 130 valence electrons. The molecule has 1 fully saturated rings. The van der Waals surface area contributed by atoms with Crippen LogP contribution in [0, 0.1) is 11.3 Å². The quantitative estimate of drug-likeness (QED) is 0.881. The predicted molar refractivity (Wildman–Crippen MR) is 81.1 cm³/mol. The predicted octanol–water partition coefficient (Wildman–Crippen LogP) is 2.28. The summed E-state index contributed by atoms with van der Waals surface area (Å²) in [5.74, 6) is -0.276. The molecule has 1 aliphatic rings. The van der Waals surface area contributed by atoms with Crippen LogP contribution in [-0.4, -0.2) is 47.3 Å². The molecule has 1 aromatic carbocycles. The fraction of sp³-hybridized carbons (Fsp3) is 0.500. The largest absolute Gasteiger partial charge is 0.417 e. The number of anilines is 1. The van der Waals surface area contributed by atoms with Crippen molar-refractivity contribution < 1.29 is 23.1 Å². The second-order valence-corrected chi connectivity index (χ2v) is 5.86. The molecule has 0 spiro atoms. The third kappa shape index (κ3) is 4.46. The number of aliphatic hydroxyl groups is 1. The van der Waals surface area contributed by atoms with E-state index in [1.165, 1.54) is 0 Å². The summed E-state index contributed by atoms with van der Waals surface area (Å²) in [5.41, 5.74) is -1.69. The second kappa shape index (κ2) is 7.20. The third-order valence-corrected chi connectivity index (χ3v) is 4.14. The lowest BCUT2D eigenvalue weighted by Gasteiger charge is -2.39. The molecular weight excluding hydrogens is 323 g/mol. The van der Waals surface area contributed by atoms with Crippen molar-refractivity contribution >= 4 is 11.6 Å². The number of alkyl halides is 3. The molecule has 1 aliphatic heterocycles. The molecular formula is C16H18F3N3O2. The zero-order valence-corrected chi connectivity index (χ0v) is 12.9. The van der Waals surface area contributed by atoms with E-state index in [-0.39, 0.29) is 38.3 Å². The molecule has 24 heavy (non-hydrogen) atoms. The van der Waals surface area contributed by atoms with Gasteiger partial charge in [0, 0.05) is 31.7 Å². The molecule has 0 unspecified atom stereocenters. The molecule has 2 N–H and O–H groups in total. The molecule has 0 atom stereocenters. The number of nitriles is 1. The van der Waals surface area contributed by atoms with Crippen LogP contribution >= 0.6 is 0 Å². The van der Waals surface area contributed by atoms with E-state index < -0.39 is 11.8 Å². The average molecular weight is 341 g/mol. The molecule has 0 bridgehead atoms.